The number of ether oxygens (including phenoxy) is 1. The van der Waals surface area contributed by atoms with Crippen LogP contribution in [0.4, 0.5) is 0 Å². The maximum Gasteiger partial charge on any atom is 0.225 e. The summed E-state index contributed by atoms with van der Waals surface area (Å²) in [4.78, 5) is 26.6. The topological polar surface area (TPSA) is 58.6 Å². The normalized spacial score (nSPS) is 19.3. The summed E-state index contributed by atoms with van der Waals surface area (Å²) in [6, 6.07) is 7.85. The number of nitrogens with one attached hydrogen (secondary N) is 1. The molecule has 1 aromatic rings. The average molecular weight is 358 g/mol. The summed E-state index contributed by atoms with van der Waals surface area (Å²) < 4.78 is 5.66. The molecule has 1 saturated carbocycles. The van der Waals surface area contributed by atoms with E-state index in [9.17, 15) is 9.59 Å². The summed E-state index contributed by atoms with van der Waals surface area (Å²) in [7, 11) is 0. The zero-order valence-electron chi connectivity index (χ0n) is 16.0. The van der Waals surface area contributed by atoms with Gasteiger partial charge in [0, 0.05) is 24.9 Å². The molecule has 2 aliphatic rings. The number of likely N-dealkylation sites (tertiary alicyclic amines) is 1. The van der Waals surface area contributed by atoms with Crippen molar-refractivity contribution in [3.63, 3.8) is 0 Å². The van der Waals surface area contributed by atoms with Gasteiger partial charge in [-0.1, -0.05) is 12.1 Å². The average Bonchev–Trinajstić information content (AvgIpc) is 3.46. The zero-order chi connectivity index (χ0) is 18.7. The van der Waals surface area contributed by atoms with Crippen molar-refractivity contribution in [1.82, 2.24) is 10.2 Å². The molecule has 0 radical (unpaired) electrons. The van der Waals surface area contributed by atoms with Crippen molar-refractivity contribution in [2.24, 2.45) is 11.8 Å². The summed E-state index contributed by atoms with van der Waals surface area (Å²) >= 11 is 0. The van der Waals surface area contributed by atoms with E-state index in [2.05, 4.69) is 5.32 Å². The summed E-state index contributed by atoms with van der Waals surface area (Å²) in [6.45, 7) is 7.43. The van der Waals surface area contributed by atoms with Gasteiger partial charge in [0.15, 0.2) is 0 Å². The van der Waals surface area contributed by atoms with Gasteiger partial charge in [0.05, 0.1) is 12.1 Å². The first-order valence-corrected chi connectivity index (χ1v) is 9.80. The SMILES string of the molecule is CC(C)Oc1ccc(C(C)NC(=O)C2CCN(C(=O)C3CC3)CC2)cc1. The largest absolute Gasteiger partial charge is 0.491 e. The predicted molar refractivity (Wildman–Crippen MR) is 101 cm³/mol. The first-order chi connectivity index (χ1) is 12.4. The monoisotopic (exact) mass is 358 g/mol. The molecule has 0 bridgehead atoms. The van der Waals surface area contributed by atoms with Gasteiger partial charge in [0.25, 0.3) is 0 Å². The van der Waals surface area contributed by atoms with E-state index in [4.69, 9.17) is 4.74 Å². The van der Waals surface area contributed by atoms with Crippen LogP contribution in [0, 0.1) is 11.8 Å². The molecule has 1 aliphatic heterocycles. The van der Waals surface area contributed by atoms with Gasteiger partial charge in [0.1, 0.15) is 5.75 Å². The molecule has 0 spiro atoms. The highest BCUT2D eigenvalue weighted by atomic mass is 16.5. The molecule has 142 valence electrons. The van der Waals surface area contributed by atoms with Crippen molar-refractivity contribution in [1.29, 1.82) is 0 Å². The van der Waals surface area contributed by atoms with Gasteiger partial charge in [-0.25, -0.2) is 0 Å². The fourth-order valence-corrected chi connectivity index (χ4v) is 3.47. The highest BCUT2D eigenvalue weighted by molar-refractivity contribution is 5.82. The number of rotatable bonds is 6. The summed E-state index contributed by atoms with van der Waals surface area (Å²) in [5.41, 5.74) is 1.07. The Bertz CT molecular complexity index is 629. The molecular weight excluding hydrogens is 328 g/mol. The van der Waals surface area contributed by atoms with Gasteiger partial charge >= 0.3 is 0 Å². The first kappa shape index (κ1) is 18.7. The minimum Gasteiger partial charge on any atom is -0.491 e. The van der Waals surface area contributed by atoms with Crippen molar-refractivity contribution in [3.8, 4) is 5.75 Å². The van der Waals surface area contributed by atoms with Crippen LogP contribution in [0.1, 0.15) is 58.1 Å². The fourth-order valence-electron chi connectivity index (χ4n) is 3.47. The van der Waals surface area contributed by atoms with E-state index in [1.807, 2.05) is 49.9 Å². The summed E-state index contributed by atoms with van der Waals surface area (Å²) in [5.74, 6) is 1.50. The number of benzene rings is 1. The first-order valence-electron chi connectivity index (χ1n) is 9.80. The third-order valence-electron chi connectivity index (χ3n) is 5.21. The molecule has 1 heterocycles. The Labute approximate surface area is 156 Å². The second-order valence-corrected chi connectivity index (χ2v) is 7.84. The second-order valence-electron chi connectivity index (χ2n) is 7.84. The molecule has 1 unspecified atom stereocenters. The van der Waals surface area contributed by atoms with E-state index in [1.54, 1.807) is 0 Å². The van der Waals surface area contributed by atoms with Crippen molar-refractivity contribution in [2.75, 3.05) is 13.1 Å². The third-order valence-corrected chi connectivity index (χ3v) is 5.21. The lowest BCUT2D eigenvalue weighted by Crippen LogP contribution is -2.43. The van der Waals surface area contributed by atoms with Crippen LogP contribution in [0.5, 0.6) is 5.75 Å². The number of hydrogen-bond donors (Lipinski definition) is 1. The lowest BCUT2D eigenvalue weighted by Gasteiger charge is -2.32. The Hall–Kier alpha value is -2.04. The van der Waals surface area contributed by atoms with E-state index >= 15 is 0 Å². The molecule has 2 amide bonds. The molecule has 1 atom stereocenters. The van der Waals surface area contributed by atoms with Crippen LogP contribution in [0.2, 0.25) is 0 Å². The van der Waals surface area contributed by atoms with Crippen LogP contribution in [0.15, 0.2) is 24.3 Å². The van der Waals surface area contributed by atoms with Gasteiger partial charge < -0.3 is 15.0 Å². The lowest BCUT2D eigenvalue weighted by atomic mass is 9.95. The molecule has 1 aromatic carbocycles. The van der Waals surface area contributed by atoms with Crippen LogP contribution in [-0.4, -0.2) is 35.9 Å². The highest BCUT2D eigenvalue weighted by Crippen LogP contribution is 2.32. The zero-order valence-corrected chi connectivity index (χ0v) is 16.0. The molecule has 2 fully saturated rings. The van der Waals surface area contributed by atoms with E-state index in [0.29, 0.717) is 19.0 Å². The number of amides is 2. The van der Waals surface area contributed by atoms with Gasteiger partial charge in [-0.05, 0) is 64.2 Å². The molecule has 0 aromatic heterocycles. The molecule has 1 aliphatic carbocycles. The number of carbonyl (C=O) groups excluding carboxylic acids is 2. The lowest BCUT2D eigenvalue weighted by molar-refractivity contribution is -0.136. The van der Waals surface area contributed by atoms with Crippen LogP contribution in [0.25, 0.3) is 0 Å². The fraction of sp³-hybridized carbons (Fsp3) is 0.619. The van der Waals surface area contributed by atoms with Gasteiger partial charge in [-0.15, -0.1) is 0 Å². The number of piperidine rings is 1. The Morgan fingerprint density at radius 2 is 1.62 bits per heavy atom. The van der Waals surface area contributed by atoms with E-state index < -0.39 is 0 Å². The number of nitrogens with zero attached hydrogens (tertiary/aromatic N) is 1. The molecule has 5 nitrogen and oxygen atoms in total. The van der Waals surface area contributed by atoms with E-state index in [1.165, 1.54) is 0 Å². The van der Waals surface area contributed by atoms with Crippen molar-refractivity contribution in [2.45, 2.75) is 58.6 Å². The Morgan fingerprint density at radius 3 is 2.15 bits per heavy atom. The Morgan fingerprint density at radius 1 is 1.00 bits per heavy atom. The highest BCUT2D eigenvalue weighted by Gasteiger charge is 2.36. The molecule has 5 heteroatoms. The molecular formula is C21H30N2O3. The number of carbonyl (C=O) groups is 2. The minimum absolute atomic E-state index is 0.00394. The Balaban J connectivity index is 1.47. The van der Waals surface area contributed by atoms with Crippen LogP contribution in [0.3, 0.4) is 0 Å². The van der Waals surface area contributed by atoms with Crippen molar-refractivity contribution < 1.29 is 14.3 Å². The van der Waals surface area contributed by atoms with Gasteiger partial charge in [-0.3, -0.25) is 9.59 Å². The maximum absolute atomic E-state index is 12.6. The quantitative estimate of drug-likeness (QED) is 0.849. The van der Waals surface area contributed by atoms with E-state index in [-0.39, 0.29) is 29.9 Å². The third kappa shape index (κ3) is 4.77. The van der Waals surface area contributed by atoms with Gasteiger partial charge in [-0.2, -0.15) is 0 Å². The predicted octanol–water partition coefficient (Wildman–Crippen LogP) is 3.30. The smallest absolute Gasteiger partial charge is 0.225 e. The van der Waals surface area contributed by atoms with Crippen LogP contribution in [-0.2, 0) is 9.59 Å². The second kappa shape index (κ2) is 8.11. The van der Waals surface area contributed by atoms with E-state index in [0.717, 1.165) is 37.0 Å². The van der Waals surface area contributed by atoms with Crippen molar-refractivity contribution in [3.05, 3.63) is 29.8 Å². The van der Waals surface area contributed by atoms with Crippen LogP contribution >= 0.6 is 0 Å². The number of hydrogen-bond acceptors (Lipinski definition) is 3. The standard InChI is InChI=1S/C21H30N2O3/c1-14(2)26-19-8-6-16(7-9-19)15(3)22-20(24)17-10-12-23(13-11-17)21(25)18-4-5-18/h6-9,14-15,17-18H,4-5,10-13H2,1-3H3,(H,22,24). The molecule has 3 rings (SSSR count). The van der Waals surface area contributed by atoms with Gasteiger partial charge in [0.2, 0.25) is 11.8 Å². The molecule has 1 N–H and O–H groups in total. The van der Waals surface area contributed by atoms with Crippen molar-refractivity contribution >= 4 is 11.8 Å². The Kier molecular flexibility index (Phi) is 5.84. The maximum atomic E-state index is 12.6. The summed E-state index contributed by atoms with van der Waals surface area (Å²) in [6.07, 6.45) is 3.75. The molecule has 26 heavy (non-hydrogen) atoms. The van der Waals surface area contributed by atoms with Crippen LogP contribution < -0.4 is 10.1 Å². The minimum atomic E-state index is -0.0401. The summed E-state index contributed by atoms with van der Waals surface area (Å²) in [5, 5.41) is 3.12. The molecule has 1 saturated heterocycles.